The van der Waals surface area contributed by atoms with Crippen molar-refractivity contribution in [3.8, 4) is 16.9 Å². The van der Waals surface area contributed by atoms with E-state index < -0.39 is 31.0 Å². The van der Waals surface area contributed by atoms with Gasteiger partial charge in [-0.25, -0.2) is 9.97 Å². The van der Waals surface area contributed by atoms with Crippen LogP contribution in [0.2, 0.25) is 0 Å². The monoisotopic (exact) mass is 485 g/mol. The van der Waals surface area contributed by atoms with E-state index in [1.54, 1.807) is 19.3 Å². The van der Waals surface area contributed by atoms with Crippen LogP contribution in [-0.2, 0) is 6.42 Å². The molecule has 1 aliphatic rings. The van der Waals surface area contributed by atoms with E-state index in [-0.39, 0.29) is 23.9 Å². The number of carbonyl (C=O) groups is 2. The molecule has 182 valence electrons. The Labute approximate surface area is 199 Å². The summed E-state index contributed by atoms with van der Waals surface area (Å²) in [6.45, 7) is 1.53. The van der Waals surface area contributed by atoms with Gasteiger partial charge in [0.25, 0.3) is 11.8 Å². The molecule has 0 aliphatic carbocycles. The van der Waals surface area contributed by atoms with Crippen molar-refractivity contribution in [2.45, 2.75) is 32.0 Å². The molecule has 0 bridgehead atoms. The number of halogens is 3. The van der Waals surface area contributed by atoms with Gasteiger partial charge in [-0.1, -0.05) is 12.1 Å². The molecule has 35 heavy (non-hydrogen) atoms. The van der Waals surface area contributed by atoms with Gasteiger partial charge >= 0.3 is 6.18 Å². The SMILES string of the molecule is Cc1ncc(-c2cccc3c2C[C@H](NC(=O)c2ccc(C(=O)NCCC(F)(F)F)nc2)CO3)cn1. The molecule has 0 saturated heterocycles. The normalized spacial score (nSPS) is 15.0. The number of ether oxygens (including phenoxy) is 1. The zero-order valence-corrected chi connectivity index (χ0v) is 18.7. The van der Waals surface area contributed by atoms with Crippen LogP contribution in [0.1, 0.15) is 38.7 Å². The van der Waals surface area contributed by atoms with Gasteiger partial charge in [-0.3, -0.25) is 14.6 Å². The standard InChI is InChI=1S/C24H22F3N5O3/c1-14-29-11-16(12-30-14)18-3-2-4-21-19(18)9-17(13-35-21)32-22(33)15-5-6-20(31-10-15)23(34)28-8-7-24(25,26)27/h2-6,10-12,17H,7-9,13H2,1H3,(H,28,34)(H,32,33)/t17-/m0/s1. The van der Waals surface area contributed by atoms with Crippen molar-refractivity contribution >= 4 is 11.8 Å². The van der Waals surface area contributed by atoms with Crippen molar-refractivity contribution in [2.24, 2.45) is 0 Å². The van der Waals surface area contributed by atoms with E-state index in [4.69, 9.17) is 4.74 Å². The van der Waals surface area contributed by atoms with Crippen molar-refractivity contribution in [3.63, 3.8) is 0 Å². The first-order valence-electron chi connectivity index (χ1n) is 10.8. The Kier molecular flexibility index (Phi) is 6.94. The molecule has 1 atom stereocenters. The van der Waals surface area contributed by atoms with Gasteiger partial charge < -0.3 is 15.4 Å². The predicted octanol–water partition coefficient (Wildman–Crippen LogP) is 3.26. The molecule has 0 unspecified atom stereocenters. The average molecular weight is 485 g/mol. The summed E-state index contributed by atoms with van der Waals surface area (Å²) in [5, 5.41) is 5.06. The number of carbonyl (C=O) groups excluding carboxylic acids is 2. The third-order valence-corrected chi connectivity index (χ3v) is 5.40. The molecule has 1 aromatic carbocycles. The fraction of sp³-hybridized carbons (Fsp3) is 0.292. The molecular weight excluding hydrogens is 463 g/mol. The highest BCUT2D eigenvalue weighted by Gasteiger charge is 2.27. The number of amides is 2. The zero-order chi connectivity index (χ0) is 25.0. The molecule has 0 spiro atoms. The van der Waals surface area contributed by atoms with Gasteiger partial charge in [-0.15, -0.1) is 0 Å². The van der Waals surface area contributed by atoms with E-state index in [1.165, 1.54) is 18.3 Å². The quantitative estimate of drug-likeness (QED) is 0.555. The van der Waals surface area contributed by atoms with Crippen LogP contribution in [0.3, 0.4) is 0 Å². The van der Waals surface area contributed by atoms with Crippen molar-refractivity contribution in [1.29, 1.82) is 0 Å². The van der Waals surface area contributed by atoms with E-state index in [0.29, 0.717) is 12.2 Å². The summed E-state index contributed by atoms with van der Waals surface area (Å²) < 4.78 is 42.5. The molecule has 0 fully saturated rings. The van der Waals surface area contributed by atoms with Crippen LogP contribution in [0.25, 0.3) is 11.1 Å². The van der Waals surface area contributed by atoms with Crippen molar-refractivity contribution in [3.05, 3.63) is 71.6 Å². The molecule has 0 radical (unpaired) electrons. The predicted molar refractivity (Wildman–Crippen MR) is 120 cm³/mol. The van der Waals surface area contributed by atoms with Gasteiger partial charge in [0.05, 0.1) is 18.0 Å². The number of fused-ring (bicyclic) bond motifs is 1. The van der Waals surface area contributed by atoms with Crippen LogP contribution in [-0.4, -0.2) is 52.1 Å². The molecule has 2 amide bonds. The van der Waals surface area contributed by atoms with Crippen molar-refractivity contribution in [1.82, 2.24) is 25.6 Å². The minimum absolute atomic E-state index is 0.0800. The summed E-state index contributed by atoms with van der Waals surface area (Å²) in [5.74, 6) is 0.246. The summed E-state index contributed by atoms with van der Waals surface area (Å²) in [6, 6.07) is 8.08. The fourth-order valence-corrected chi connectivity index (χ4v) is 3.64. The van der Waals surface area contributed by atoms with Gasteiger partial charge in [0.15, 0.2) is 0 Å². The van der Waals surface area contributed by atoms with Gasteiger partial charge in [0.1, 0.15) is 23.9 Å². The first kappa shape index (κ1) is 24.1. The number of nitrogens with zero attached hydrogens (tertiary/aromatic N) is 3. The molecule has 11 heteroatoms. The summed E-state index contributed by atoms with van der Waals surface area (Å²) >= 11 is 0. The van der Waals surface area contributed by atoms with Gasteiger partial charge in [0, 0.05) is 42.7 Å². The van der Waals surface area contributed by atoms with Crippen molar-refractivity contribution < 1.29 is 27.5 Å². The number of rotatable bonds is 6. The highest BCUT2D eigenvalue weighted by atomic mass is 19.4. The van der Waals surface area contributed by atoms with Gasteiger partial charge in [0.2, 0.25) is 0 Å². The minimum atomic E-state index is -4.36. The Balaban J connectivity index is 1.39. The molecular formula is C24H22F3N5O3. The van der Waals surface area contributed by atoms with Crippen LogP contribution in [0.15, 0.2) is 48.9 Å². The summed E-state index contributed by atoms with van der Waals surface area (Å²) in [5.41, 5.74) is 2.83. The van der Waals surface area contributed by atoms with Gasteiger partial charge in [-0.2, -0.15) is 13.2 Å². The largest absolute Gasteiger partial charge is 0.491 e. The molecule has 2 N–H and O–H groups in total. The van der Waals surface area contributed by atoms with Gasteiger partial charge in [-0.05, 0) is 30.7 Å². The fourth-order valence-electron chi connectivity index (χ4n) is 3.64. The lowest BCUT2D eigenvalue weighted by Crippen LogP contribution is -2.43. The molecule has 3 aromatic rings. The first-order valence-corrected chi connectivity index (χ1v) is 10.8. The second-order valence-electron chi connectivity index (χ2n) is 8.04. The number of hydrogen-bond acceptors (Lipinski definition) is 6. The second-order valence-corrected chi connectivity index (χ2v) is 8.04. The summed E-state index contributed by atoms with van der Waals surface area (Å²) in [7, 11) is 0. The van der Waals surface area contributed by atoms with E-state index in [1.807, 2.05) is 18.2 Å². The lowest BCUT2D eigenvalue weighted by atomic mass is 9.94. The number of aromatic nitrogens is 3. The van der Waals surface area contributed by atoms with E-state index in [9.17, 15) is 22.8 Å². The van der Waals surface area contributed by atoms with E-state index in [0.717, 1.165) is 22.4 Å². The minimum Gasteiger partial charge on any atom is -0.491 e. The number of hydrogen-bond donors (Lipinski definition) is 2. The average Bonchev–Trinajstić information content (AvgIpc) is 2.83. The van der Waals surface area contributed by atoms with Crippen molar-refractivity contribution in [2.75, 3.05) is 13.2 Å². The molecule has 4 rings (SSSR count). The Bertz CT molecular complexity index is 1210. The Morgan fingerprint density at radius 2 is 1.83 bits per heavy atom. The Hall–Kier alpha value is -4.02. The highest BCUT2D eigenvalue weighted by molar-refractivity contribution is 5.96. The number of benzene rings is 1. The topological polar surface area (TPSA) is 106 Å². The van der Waals surface area contributed by atoms with E-state index in [2.05, 4.69) is 25.6 Å². The zero-order valence-electron chi connectivity index (χ0n) is 18.7. The number of aryl methyl sites for hydroxylation is 1. The second kappa shape index (κ2) is 10.1. The molecule has 2 aromatic heterocycles. The first-order chi connectivity index (χ1) is 16.7. The lowest BCUT2D eigenvalue weighted by molar-refractivity contribution is -0.133. The lowest BCUT2D eigenvalue weighted by Gasteiger charge is -2.28. The maximum atomic E-state index is 12.7. The van der Waals surface area contributed by atoms with E-state index >= 15 is 0 Å². The molecule has 0 saturated carbocycles. The number of alkyl halides is 3. The third-order valence-electron chi connectivity index (χ3n) is 5.40. The van der Waals surface area contributed by atoms with Crippen LogP contribution < -0.4 is 15.4 Å². The van der Waals surface area contributed by atoms with Crippen LogP contribution >= 0.6 is 0 Å². The molecule has 8 nitrogen and oxygen atoms in total. The Morgan fingerprint density at radius 1 is 1.06 bits per heavy atom. The number of nitrogens with one attached hydrogen (secondary N) is 2. The molecule has 3 heterocycles. The van der Waals surface area contributed by atoms with Crippen LogP contribution in [0, 0.1) is 6.92 Å². The third kappa shape index (κ3) is 6.11. The Morgan fingerprint density at radius 3 is 2.51 bits per heavy atom. The van der Waals surface area contributed by atoms with Crippen LogP contribution in [0.4, 0.5) is 13.2 Å². The maximum absolute atomic E-state index is 12.7. The summed E-state index contributed by atoms with van der Waals surface area (Å²) in [4.78, 5) is 37.1. The van der Waals surface area contributed by atoms with Crippen LogP contribution in [0.5, 0.6) is 5.75 Å². The smallest absolute Gasteiger partial charge is 0.390 e. The number of pyridine rings is 1. The molecule has 1 aliphatic heterocycles. The summed E-state index contributed by atoms with van der Waals surface area (Å²) in [6.07, 6.45) is -0.274. The maximum Gasteiger partial charge on any atom is 0.390 e. The highest BCUT2D eigenvalue weighted by Crippen LogP contribution is 2.34.